The molecule has 1 aliphatic rings. The Morgan fingerprint density at radius 2 is 1.94 bits per heavy atom. The van der Waals surface area contributed by atoms with Crippen molar-refractivity contribution in [3.8, 4) is 17.2 Å². The molecule has 0 fully saturated rings. The summed E-state index contributed by atoms with van der Waals surface area (Å²) in [6, 6.07) is 11.9. The maximum Gasteiger partial charge on any atom is 0.161 e. The van der Waals surface area contributed by atoms with Crippen molar-refractivity contribution in [1.29, 1.82) is 0 Å². The molecule has 1 aliphatic heterocycles. The number of allylic oxidation sites excluding steroid dienone is 4. The monoisotopic (exact) mass is 488 g/mol. The first-order valence-corrected chi connectivity index (χ1v) is 13.1. The summed E-state index contributed by atoms with van der Waals surface area (Å²) in [4.78, 5) is 6.23. The maximum absolute atomic E-state index is 10.2. The lowest BCUT2D eigenvalue weighted by Gasteiger charge is -2.41. The van der Waals surface area contributed by atoms with Gasteiger partial charge >= 0.3 is 0 Å². The normalized spacial score (nSPS) is 15.8. The zero-order valence-corrected chi connectivity index (χ0v) is 22.5. The van der Waals surface area contributed by atoms with Gasteiger partial charge < -0.3 is 24.5 Å². The maximum atomic E-state index is 10.2. The molecule has 1 unspecified atom stereocenters. The second-order valence-electron chi connectivity index (χ2n) is 10.2. The van der Waals surface area contributed by atoms with Crippen LogP contribution < -0.4 is 9.47 Å². The van der Waals surface area contributed by atoms with Gasteiger partial charge in [0.15, 0.2) is 11.5 Å². The van der Waals surface area contributed by atoms with E-state index in [1.165, 1.54) is 22.5 Å². The van der Waals surface area contributed by atoms with Crippen LogP contribution in [-0.4, -0.2) is 35.3 Å². The lowest BCUT2D eigenvalue weighted by Crippen LogP contribution is -2.37. The van der Waals surface area contributed by atoms with Crippen LogP contribution >= 0.6 is 0 Å². The minimum Gasteiger partial charge on any atom is -0.508 e. The summed E-state index contributed by atoms with van der Waals surface area (Å²) in [6.07, 6.45) is 7.48. The van der Waals surface area contributed by atoms with Crippen LogP contribution in [0.2, 0.25) is 0 Å². The van der Waals surface area contributed by atoms with Crippen molar-refractivity contribution in [2.24, 2.45) is 5.92 Å². The summed E-state index contributed by atoms with van der Waals surface area (Å²) in [5, 5.41) is 11.3. The van der Waals surface area contributed by atoms with E-state index in [1.807, 2.05) is 18.2 Å². The molecule has 1 atom stereocenters. The molecule has 5 nitrogen and oxygen atoms in total. The van der Waals surface area contributed by atoms with Gasteiger partial charge in [-0.05, 0) is 80.1 Å². The number of nitrogens with one attached hydrogen (secondary N) is 1. The summed E-state index contributed by atoms with van der Waals surface area (Å²) in [6.45, 7) is 12.5. The highest BCUT2D eigenvalue weighted by molar-refractivity contribution is 5.86. The van der Waals surface area contributed by atoms with Crippen LogP contribution in [0.1, 0.15) is 70.3 Å². The van der Waals surface area contributed by atoms with E-state index in [9.17, 15) is 5.11 Å². The first kappa shape index (κ1) is 25.7. The fraction of sp³-hybridized carbons (Fsp3) is 0.419. The van der Waals surface area contributed by atoms with E-state index >= 15 is 0 Å². The topological polar surface area (TPSA) is 57.7 Å². The molecule has 3 aromatic rings. The van der Waals surface area contributed by atoms with Crippen LogP contribution in [0.25, 0.3) is 10.9 Å². The van der Waals surface area contributed by atoms with E-state index in [1.54, 1.807) is 13.2 Å². The van der Waals surface area contributed by atoms with E-state index in [0.29, 0.717) is 18.3 Å². The third-order valence-corrected chi connectivity index (χ3v) is 6.88. The van der Waals surface area contributed by atoms with Gasteiger partial charge in [-0.2, -0.15) is 0 Å². The lowest BCUT2D eigenvalue weighted by molar-refractivity contribution is 0.246. The number of aromatic hydroxyl groups is 1. The van der Waals surface area contributed by atoms with Crippen molar-refractivity contribution < 1.29 is 14.6 Å². The highest BCUT2D eigenvalue weighted by Crippen LogP contribution is 2.44. The molecule has 4 rings (SSSR count). The number of nitrogens with zero attached hydrogens (tertiary/aromatic N) is 1. The molecule has 0 bridgehead atoms. The number of benzene rings is 2. The molecular weight excluding hydrogens is 448 g/mol. The zero-order valence-electron chi connectivity index (χ0n) is 22.5. The standard InChI is InChI=1S/C31H40N2O3/c1-7-8-17-36-28-14-10-22(18-29(28)35-6)31-30-24(25-19-23(34)11-12-26(25)32-30)15-16-33(31)27(21(4)5)13-9-20(2)3/h9-14,18-19,21,31-32,34H,7-8,15-17H2,1-6H3/b27-13+. The predicted octanol–water partition coefficient (Wildman–Crippen LogP) is 7.51. The van der Waals surface area contributed by atoms with E-state index in [2.05, 4.69) is 68.8 Å². The van der Waals surface area contributed by atoms with Crippen LogP contribution in [0.15, 0.2) is 59.8 Å². The Hall–Kier alpha value is -3.34. The highest BCUT2D eigenvalue weighted by Gasteiger charge is 2.34. The number of fused-ring (bicyclic) bond motifs is 3. The van der Waals surface area contributed by atoms with Gasteiger partial charge in [0.2, 0.25) is 0 Å². The van der Waals surface area contributed by atoms with Gasteiger partial charge in [-0.1, -0.05) is 44.9 Å². The fourth-order valence-electron chi connectivity index (χ4n) is 5.07. The Kier molecular flexibility index (Phi) is 7.97. The Morgan fingerprint density at radius 3 is 2.64 bits per heavy atom. The van der Waals surface area contributed by atoms with E-state index < -0.39 is 0 Å². The van der Waals surface area contributed by atoms with Gasteiger partial charge in [-0.25, -0.2) is 0 Å². The number of ether oxygens (including phenoxy) is 2. The van der Waals surface area contributed by atoms with Crippen molar-refractivity contribution >= 4 is 10.9 Å². The summed E-state index contributed by atoms with van der Waals surface area (Å²) >= 11 is 0. The number of unbranched alkanes of at least 4 members (excludes halogenated alkanes) is 1. The molecule has 2 N–H and O–H groups in total. The minimum atomic E-state index is -0.0129. The van der Waals surface area contributed by atoms with E-state index in [4.69, 9.17) is 9.47 Å². The molecule has 5 heteroatoms. The molecule has 0 amide bonds. The van der Waals surface area contributed by atoms with Crippen LogP contribution in [-0.2, 0) is 6.42 Å². The number of hydrogen-bond donors (Lipinski definition) is 2. The van der Waals surface area contributed by atoms with Crippen LogP contribution in [0.3, 0.4) is 0 Å². The lowest BCUT2D eigenvalue weighted by atomic mass is 9.90. The van der Waals surface area contributed by atoms with Gasteiger partial charge in [0, 0.05) is 28.8 Å². The Bertz CT molecular complexity index is 1260. The summed E-state index contributed by atoms with van der Waals surface area (Å²) < 4.78 is 11.8. The number of rotatable bonds is 9. The van der Waals surface area contributed by atoms with E-state index in [-0.39, 0.29) is 6.04 Å². The van der Waals surface area contributed by atoms with Crippen molar-refractivity contribution in [2.45, 2.75) is 59.9 Å². The number of H-pyrrole nitrogens is 1. The molecule has 0 aliphatic carbocycles. The number of aromatic nitrogens is 1. The van der Waals surface area contributed by atoms with Crippen molar-refractivity contribution in [2.75, 3.05) is 20.3 Å². The Morgan fingerprint density at radius 1 is 1.14 bits per heavy atom. The molecule has 1 aromatic heterocycles. The molecule has 0 spiro atoms. The molecule has 0 saturated heterocycles. The van der Waals surface area contributed by atoms with Gasteiger partial charge in [0.25, 0.3) is 0 Å². The zero-order chi connectivity index (χ0) is 25.8. The van der Waals surface area contributed by atoms with Crippen LogP contribution in [0.4, 0.5) is 0 Å². The van der Waals surface area contributed by atoms with E-state index in [0.717, 1.165) is 53.8 Å². The smallest absolute Gasteiger partial charge is 0.161 e. The second kappa shape index (κ2) is 11.2. The molecule has 2 aromatic carbocycles. The van der Waals surface area contributed by atoms with Gasteiger partial charge in [0.1, 0.15) is 5.75 Å². The van der Waals surface area contributed by atoms with Gasteiger partial charge in [0.05, 0.1) is 19.8 Å². The Labute approximate surface area is 215 Å². The first-order valence-electron chi connectivity index (χ1n) is 13.1. The number of methoxy groups -OCH3 is 1. The van der Waals surface area contributed by atoms with Crippen molar-refractivity contribution in [1.82, 2.24) is 9.88 Å². The highest BCUT2D eigenvalue weighted by atomic mass is 16.5. The molecule has 0 radical (unpaired) electrons. The quantitative estimate of drug-likeness (QED) is 0.242. The molecule has 36 heavy (non-hydrogen) atoms. The van der Waals surface area contributed by atoms with Gasteiger partial charge in [-0.15, -0.1) is 0 Å². The predicted molar refractivity (Wildman–Crippen MR) is 148 cm³/mol. The Balaban J connectivity index is 1.87. The minimum absolute atomic E-state index is 0.0129. The fourth-order valence-corrected chi connectivity index (χ4v) is 5.07. The molecule has 192 valence electrons. The number of phenolic OH excluding ortho intramolecular Hbond substituents is 1. The van der Waals surface area contributed by atoms with Crippen molar-refractivity contribution in [3.63, 3.8) is 0 Å². The molecule has 0 saturated carbocycles. The average molecular weight is 489 g/mol. The SMILES string of the molecule is CCCCOc1ccc(C2c3[nH]c4ccc(O)cc4c3CCN2/C(=C/C=C(C)C)C(C)C)cc1OC. The third-order valence-electron chi connectivity index (χ3n) is 6.88. The number of aromatic amines is 1. The van der Waals surface area contributed by atoms with Crippen LogP contribution in [0, 0.1) is 5.92 Å². The largest absolute Gasteiger partial charge is 0.508 e. The third kappa shape index (κ3) is 5.25. The number of hydrogen-bond acceptors (Lipinski definition) is 4. The molecular formula is C31H40N2O3. The van der Waals surface area contributed by atoms with Crippen LogP contribution in [0.5, 0.6) is 17.2 Å². The summed E-state index contributed by atoms with van der Waals surface area (Å²) in [7, 11) is 1.70. The number of phenols is 1. The average Bonchev–Trinajstić information content (AvgIpc) is 3.21. The first-order chi connectivity index (χ1) is 17.3. The van der Waals surface area contributed by atoms with Gasteiger partial charge in [-0.3, -0.25) is 0 Å². The summed E-state index contributed by atoms with van der Waals surface area (Å²) in [5.74, 6) is 2.19. The second-order valence-corrected chi connectivity index (χ2v) is 10.2. The van der Waals surface area contributed by atoms with Crippen molar-refractivity contribution in [3.05, 3.63) is 76.6 Å². The summed E-state index contributed by atoms with van der Waals surface area (Å²) in [5.41, 5.74) is 7.22. The molecule has 2 heterocycles.